The van der Waals surface area contributed by atoms with E-state index in [0.29, 0.717) is 13.2 Å². The minimum absolute atomic E-state index is 0.00691. The first-order valence-corrected chi connectivity index (χ1v) is 7.09. The number of rotatable bonds is 9. The number of hydrogen-bond acceptors (Lipinski definition) is 4. The number of benzene rings is 1. The van der Waals surface area contributed by atoms with Crippen molar-refractivity contribution in [3.8, 4) is 5.75 Å². The average molecular weight is 265 g/mol. The van der Waals surface area contributed by atoms with Crippen LogP contribution in [0.2, 0.25) is 0 Å². The minimum Gasteiger partial charge on any atom is -0.492 e. The maximum atomic E-state index is 5.91. The molecule has 0 heterocycles. The molecule has 0 aliphatic rings. The van der Waals surface area contributed by atoms with Gasteiger partial charge in [-0.25, -0.2) is 0 Å². The molecule has 1 aromatic carbocycles. The highest BCUT2D eigenvalue weighted by molar-refractivity contribution is 5.34. The Morgan fingerprint density at radius 2 is 1.89 bits per heavy atom. The predicted molar refractivity (Wildman–Crippen MR) is 80.5 cm³/mol. The molecule has 108 valence electrons. The molecule has 1 atom stereocenters. The summed E-state index contributed by atoms with van der Waals surface area (Å²) in [4.78, 5) is 2.34. The molecule has 4 heteroatoms. The average Bonchev–Trinajstić information content (AvgIpc) is 2.45. The second-order valence-corrected chi connectivity index (χ2v) is 4.68. The van der Waals surface area contributed by atoms with E-state index >= 15 is 0 Å². The van der Waals surface area contributed by atoms with Crippen molar-refractivity contribution in [2.75, 3.05) is 32.8 Å². The molecular weight excluding hydrogens is 238 g/mol. The van der Waals surface area contributed by atoms with Crippen LogP contribution in [0.3, 0.4) is 0 Å². The lowest BCUT2D eigenvalue weighted by atomic mass is 10.1. The second-order valence-electron chi connectivity index (χ2n) is 4.68. The largest absolute Gasteiger partial charge is 0.492 e. The lowest BCUT2D eigenvalue weighted by molar-refractivity contribution is 0.221. The lowest BCUT2D eigenvalue weighted by Crippen LogP contribution is -2.32. The second kappa shape index (κ2) is 8.91. The van der Waals surface area contributed by atoms with Gasteiger partial charge in [-0.15, -0.1) is 0 Å². The van der Waals surface area contributed by atoms with E-state index < -0.39 is 0 Å². The van der Waals surface area contributed by atoms with Gasteiger partial charge in [-0.1, -0.05) is 32.0 Å². The van der Waals surface area contributed by atoms with Gasteiger partial charge in [0.15, 0.2) is 0 Å². The number of para-hydroxylation sites is 1. The fourth-order valence-corrected chi connectivity index (χ4v) is 2.00. The fourth-order valence-electron chi connectivity index (χ4n) is 2.00. The predicted octanol–water partition coefficient (Wildman–Crippen LogP) is 1.24. The Bertz CT molecular complexity index is 353. The van der Waals surface area contributed by atoms with Gasteiger partial charge in [0.05, 0.1) is 0 Å². The van der Waals surface area contributed by atoms with Crippen molar-refractivity contribution in [1.82, 2.24) is 4.90 Å². The molecule has 4 N–H and O–H groups in total. The zero-order valence-electron chi connectivity index (χ0n) is 12.1. The van der Waals surface area contributed by atoms with E-state index in [1.807, 2.05) is 18.2 Å². The number of likely N-dealkylation sites (N-methyl/N-ethyl adjacent to an activating group) is 1. The Kier molecular flexibility index (Phi) is 7.48. The molecule has 1 aromatic rings. The molecule has 0 aliphatic heterocycles. The SMILES string of the molecule is CCN(CC)CCOc1ccccc1CC(N)CN. The van der Waals surface area contributed by atoms with Crippen molar-refractivity contribution < 1.29 is 4.74 Å². The standard InChI is InChI=1S/C15H27N3O/c1-3-18(4-2)9-10-19-15-8-6-5-7-13(15)11-14(17)12-16/h5-8,14H,3-4,9-12,16-17H2,1-2H3. The zero-order valence-corrected chi connectivity index (χ0v) is 12.1. The van der Waals surface area contributed by atoms with Crippen LogP contribution < -0.4 is 16.2 Å². The summed E-state index contributed by atoms with van der Waals surface area (Å²) in [5.74, 6) is 0.929. The summed E-state index contributed by atoms with van der Waals surface area (Å²) < 4.78 is 5.88. The summed E-state index contributed by atoms with van der Waals surface area (Å²) >= 11 is 0. The Morgan fingerprint density at radius 1 is 1.21 bits per heavy atom. The normalized spacial score (nSPS) is 12.7. The molecule has 4 nitrogen and oxygen atoms in total. The van der Waals surface area contributed by atoms with E-state index in [2.05, 4.69) is 24.8 Å². The van der Waals surface area contributed by atoms with E-state index in [9.17, 15) is 0 Å². The Hall–Kier alpha value is -1.10. The highest BCUT2D eigenvalue weighted by Gasteiger charge is 2.08. The number of ether oxygens (including phenoxy) is 1. The maximum Gasteiger partial charge on any atom is 0.122 e. The Balaban J connectivity index is 2.53. The molecule has 0 spiro atoms. The zero-order chi connectivity index (χ0) is 14.1. The van der Waals surface area contributed by atoms with Crippen LogP contribution in [0.1, 0.15) is 19.4 Å². The first kappa shape index (κ1) is 16.0. The first-order valence-electron chi connectivity index (χ1n) is 7.09. The number of nitrogens with zero attached hydrogens (tertiary/aromatic N) is 1. The molecule has 19 heavy (non-hydrogen) atoms. The van der Waals surface area contributed by atoms with Crippen LogP contribution in [0.15, 0.2) is 24.3 Å². The monoisotopic (exact) mass is 265 g/mol. The molecule has 0 aliphatic carbocycles. The summed E-state index contributed by atoms with van der Waals surface area (Å²) in [6.07, 6.45) is 0.762. The third-order valence-electron chi connectivity index (χ3n) is 3.32. The van der Waals surface area contributed by atoms with Gasteiger partial charge in [-0.2, -0.15) is 0 Å². The molecule has 0 saturated carbocycles. The van der Waals surface area contributed by atoms with Crippen LogP contribution in [0.5, 0.6) is 5.75 Å². The van der Waals surface area contributed by atoms with Gasteiger partial charge in [0.1, 0.15) is 12.4 Å². The van der Waals surface area contributed by atoms with Gasteiger partial charge in [0.2, 0.25) is 0 Å². The first-order chi connectivity index (χ1) is 9.21. The quantitative estimate of drug-likeness (QED) is 0.705. The van der Waals surface area contributed by atoms with Crippen LogP contribution in [0.25, 0.3) is 0 Å². The minimum atomic E-state index is -0.00691. The molecule has 0 fully saturated rings. The van der Waals surface area contributed by atoms with Crippen LogP contribution in [0, 0.1) is 0 Å². The van der Waals surface area contributed by atoms with Crippen molar-refractivity contribution in [2.45, 2.75) is 26.3 Å². The van der Waals surface area contributed by atoms with Gasteiger partial charge in [0.25, 0.3) is 0 Å². The third kappa shape index (κ3) is 5.59. The molecule has 0 aromatic heterocycles. The van der Waals surface area contributed by atoms with E-state index in [1.54, 1.807) is 0 Å². The van der Waals surface area contributed by atoms with Gasteiger partial charge in [0, 0.05) is 19.1 Å². The van der Waals surface area contributed by atoms with E-state index in [0.717, 1.165) is 37.4 Å². The highest BCUT2D eigenvalue weighted by atomic mass is 16.5. The van der Waals surface area contributed by atoms with E-state index in [1.165, 1.54) is 0 Å². The summed E-state index contributed by atoms with van der Waals surface area (Å²) in [7, 11) is 0. The van der Waals surface area contributed by atoms with Crippen molar-refractivity contribution in [2.24, 2.45) is 11.5 Å². The van der Waals surface area contributed by atoms with Crippen molar-refractivity contribution in [3.05, 3.63) is 29.8 Å². The molecule has 0 amide bonds. The molecular formula is C15H27N3O. The van der Waals surface area contributed by atoms with Crippen molar-refractivity contribution in [3.63, 3.8) is 0 Å². The number of nitrogens with two attached hydrogens (primary N) is 2. The third-order valence-corrected chi connectivity index (χ3v) is 3.32. The summed E-state index contributed by atoms with van der Waals surface area (Å²) in [5.41, 5.74) is 12.6. The van der Waals surface area contributed by atoms with Crippen molar-refractivity contribution >= 4 is 0 Å². The van der Waals surface area contributed by atoms with Gasteiger partial charge >= 0.3 is 0 Å². The molecule has 0 saturated heterocycles. The van der Waals surface area contributed by atoms with E-state index in [4.69, 9.17) is 16.2 Å². The Morgan fingerprint density at radius 3 is 2.53 bits per heavy atom. The van der Waals surface area contributed by atoms with Crippen LogP contribution in [0.4, 0.5) is 0 Å². The molecule has 0 radical (unpaired) electrons. The number of hydrogen-bond donors (Lipinski definition) is 2. The topological polar surface area (TPSA) is 64.5 Å². The van der Waals surface area contributed by atoms with Crippen LogP contribution in [-0.4, -0.2) is 43.7 Å². The lowest BCUT2D eigenvalue weighted by Gasteiger charge is -2.19. The van der Waals surface area contributed by atoms with Gasteiger partial charge < -0.3 is 21.1 Å². The molecule has 1 rings (SSSR count). The molecule has 0 bridgehead atoms. The summed E-state index contributed by atoms with van der Waals surface area (Å²) in [6.45, 7) is 8.59. The molecule has 1 unspecified atom stereocenters. The van der Waals surface area contributed by atoms with Crippen molar-refractivity contribution in [1.29, 1.82) is 0 Å². The maximum absolute atomic E-state index is 5.91. The highest BCUT2D eigenvalue weighted by Crippen LogP contribution is 2.19. The van der Waals surface area contributed by atoms with Crippen LogP contribution in [-0.2, 0) is 6.42 Å². The van der Waals surface area contributed by atoms with E-state index in [-0.39, 0.29) is 6.04 Å². The fraction of sp³-hybridized carbons (Fsp3) is 0.600. The van der Waals surface area contributed by atoms with Gasteiger partial charge in [-0.3, -0.25) is 0 Å². The van der Waals surface area contributed by atoms with Gasteiger partial charge in [-0.05, 0) is 31.1 Å². The van der Waals surface area contributed by atoms with Crippen LogP contribution >= 0.6 is 0 Å². The summed E-state index contributed by atoms with van der Waals surface area (Å²) in [5, 5.41) is 0. The summed E-state index contributed by atoms with van der Waals surface area (Å²) in [6, 6.07) is 8.05. The smallest absolute Gasteiger partial charge is 0.122 e. The Labute approximate surface area is 116 Å².